The molecule has 3 atom stereocenters. The van der Waals surface area contributed by atoms with Gasteiger partial charge in [-0.1, -0.05) is 0 Å². The molecule has 0 aromatic carbocycles. The average Bonchev–Trinajstić information content (AvgIpc) is 3.30. The normalized spacial score (nSPS) is 26.6. The molecule has 3 fully saturated rings. The predicted molar refractivity (Wildman–Crippen MR) is 94.8 cm³/mol. The third-order valence-electron chi connectivity index (χ3n) is 5.68. The fourth-order valence-electron chi connectivity index (χ4n) is 4.07. The number of carbonyl (C=O) groups is 2. The van der Waals surface area contributed by atoms with E-state index in [-0.39, 0.29) is 34.9 Å². The van der Waals surface area contributed by atoms with Gasteiger partial charge in [0, 0.05) is 31.2 Å². The summed E-state index contributed by atoms with van der Waals surface area (Å²) in [6.07, 6.45) is 3.51. The summed E-state index contributed by atoms with van der Waals surface area (Å²) in [5.74, 6) is -2.09. The molecule has 1 saturated carbocycles. The minimum absolute atomic E-state index is 0.0453. The first-order valence-electron chi connectivity index (χ1n) is 9.08. The average molecular weight is 388 g/mol. The Morgan fingerprint density at radius 2 is 2.18 bits per heavy atom. The molecular formula is C18H17FN4O5. The van der Waals surface area contributed by atoms with E-state index in [0.717, 1.165) is 25.2 Å². The number of halogens is 1. The molecule has 2 N–H and O–H groups in total. The van der Waals surface area contributed by atoms with Gasteiger partial charge in [0.25, 0.3) is 0 Å². The van der Waals surface area contributed by atoms with Crippen LogP contribution in [0.2, 0.25) is 0 Å². The van der Waals surface area contributed by atoms with E-state index >= 15 is 0 Å². The molecule has 0 radical (unpaired) electrons. The van der Waals surface area contributed by atoms with Crippen LogP contribution < -0.4 is 15.8 Å². The van der Waals surface area contributed by atoms with Crippen LogP contribution in [0.5, 0.6) is 0 Å². The molecule has 3 aliphatic rings. The molecule has 0 spiro atoms. The number of rotatable bonds is 4. The molecule has 4 heterocycles. The SMILES string of the molecule is O=CC1NOC2CN(c3nc4c(cc3F)c(=O)c(C(=O)O)cn4C3CC3)CC12. The smallest absolute Gasteiger partial charge is 0.341 e. The number of hydrogen-bond donors (Lipinski definition) is 2. The van der Waals surface area contributed by atoms with Gasteiger partial charge in [0.15, 0.2) is 11.6 Å². The summed E-state index contributed by atoms with van der Waals surface area (Å²) in [5.41, 5.74) is 1.81. The van der Waals surface area contributed by atoms with Gasteiger partial charge in [0.1, 0.15) is 23.6 Å². The van der Waals surface area contributed by atoms with Gasteiger partial charge in [-0.15, -0.1) is 0 Å². The van der Waals surface area contributed by atoms with E-state index < -0.39 is 28.8 Å². The number of carboxylic acids is 1. The Labute approximate surface area is 157 Å². The second-order valence-corrected chi connectivity index (χ2v) is 7.49. The Bertz CT molecular complexity index is 1070. The van der Waals surface area contributed by atoms with Crippen molar-refractivity contribution < 1.29 is 23.9 Å². The van der Waals surface area contributed by atoms with Gasteiger partial charge >= 0.3 is 5.97 Å². The van der Waals surface area contributed by atoms with Crippen molar-refractivity contribution in [3.63, 3.8) is 0 Å². The van der Waals surface area contributed by atoms with Crippen LogP contribution in [0.3, 0.4) is 0 Å². The van der Waals surface area contributed by atoms with Gasteiger partial charge in [-0.05, 0) is 18.9 Å². The molecule has 2 aromatic heterocycles. The Morgan fingerprint density at radius 1 is 1.39 bits per heavy atom. The second-order valence-electron chi connectivity index (χ2n) is 7.49. The molecule has 5 rings (SSSR count). The number of hydroxylamine groups is 1. The highest BCUT2D eigenvalue weighted by Gasteiger charge is 2.45. The molecule has 0 bridgehead atoms. The standard InChI is InChI=1S/C18H17FN4O5/c19-12-3-9-15(25)11(18(26)27)5-23(8-1-2-8)16(9)20-17(12)22-4-10-13(7-24)21-28-14(10)6-22/h3,5,7-8,10,13-14,21H,1-2,4,6H2,(H,26,27). The largest absolute Gasteiger partial charge is 0.477 e. The van der Waals surface area contributed by atoms with E-state index in [4.69, 9.17) is 4.84 Å². The third-order valence-corrected chi connectivity index (χ3v) is 5.68. The zero-order chi connectivity index (χ0) is 19.6. The van der Waals surface area contributed by atoms with E-state index in [2.05, 4.69) is 10.5 Å². The van der Waals surface area contributed by atoms with Crippen molar-refractivity contribution in [1.29, 1.82) is 0 Å². The lowest BCUT2D eigenvalue weighted by Crippen LogP contribution is -2.33. The highest BCUT2D eigenvalue weighted by atomic mass is 19.1. The Morgan fingerprint density at radius 3 is 2.86 bits per heavy atom. The Balaban J connectivity index is 1.62. The summed E-state index contributed by atoms with van der Waals surface area (Å²) in [7, 11) is 0. The summed E-state index contributed by atoms with van der Waals surface area (Å²) in [6, 6.07) is 0.661. The van der Waals surface area contributed by atoms with E-state index in [0.29, 0.717) is 13.1 Å². The van der Waals surface area contributed by atoms with Crippen LogP contribution >= 0.6 is 0 Å². The van der Waals surface area contributed by atoms with Crippen LogP contribution in [0.25, 0.3) is 11.0 Å². The number of carboxylic acid groups (broad SMARTS) is 1. The molecule has 2 aliphatic heterocycles. The summed E-state index contributed by atoms with van der Waals surface area (Å²) < 4.78 is 16.5. The van der Waals surface area contributed by atoms with Crippen LogP contribution in [-0.2, 0) is 9.63 Å². The topological polar surface area (TPSA) is 114 Å². The number of nitrogens with one attached hydrogen (secondary N) is 1. The summed E-state index contributed by atoms with van der Waals surface area (Å²) in [6.45, 7) is 0.746. The molecule has 3 unspecified atom stereocenters. The maximum atomic E-state index is 14.9. The first-order chi connectivity index (χ1) is 13.5. The van der Waals surface area contributed by atoms with E-state index in [9.17, 15) is 23.9 Å². The Hall–Kier alpha value is -2.85. The molecule has 0 amide bonds. The summed E-state index contributed by atoms with van der Waals surface area (Å²) in [5, 5.41) is 9.26. The first-order valence-corrected chi connectivity index (χ1v) is 9.08. The van der Waals surface area contributed by atoms with Gasteiger partial charge < -0.3 is 19.4 Å². The van der Waals surface area contributed by atoms with Crippen LogP contribution in [-0.4, -0.2) is 52.1 Å². The van der Waals surface area contributed by atoms with Crippen molar-refractivity contribution in [3.8, 4) is 0 Å². The van der Waals surface area contributed by atoms with Crippen molar-refractivity contribution in [2.24, 2.45) is 5.92 Å². The zero-order valence-electron chi connectivity index (χ0n) is 14.7. The number of carbonyl (C=O) groups excluding carboxylic acids is 1. The minimum atomic E-state index is -1.34. The zero-order valence-corrected chi connectivity index (χ0v) is 14.7. The van der Waals surface area contributed by atoms with Crippen molar-refractivity contribution in [2.75, 3.05) is 18.0 Å². The third kappa shape index (κ3) is 2.52. The molecule has 1 aliphatic carbocycles. The van der Waals surface area contributed by atoms with Crippen molar-refractivity contribution in [3.05, 3.63) is 33.9 Å². The first kappa shape index (κ1) is 17.3. The summed E-state index contributed by atoms with van der Waals surface area (Å²) >= 11 is 0. The van der Waals surface area contributed by atoms with E-state index in [1.807, 2.05) is 0 Å². The molecule has 9 nitrogen and oxygen atoms in total. The fraction of sp³-hybridized carbons (Fsp3) is 0.444. The summed E-state index contributed by atoms with van der Waals surface area (Å²) in [4.78, 5) is 46.6. The quantitative estimate of drug-likeness (QED) is 0.727. The number of nitrogens with zero attached hydrogens (tertiary/aromatic N) is 3. The number of aldehydes is 1. The minimum Gasteiger partial charge on any atom is -0.477 e. The number of aromatic nitrogens is 2. The maximum Gasteiger partial charge on any atom is 0.341 e. The maximum absolute atomic E-state index is 14.9. The predicted octanol–water partition coefficient (Wildman–Crippen LogP) is 0.476. The van der Waals surface area contributed by atoms with E-state index in [1.165, 1.54) is 6.20 Å². The number of aromatic carboxylic acids is 1. The van der Waals surface area contributed by atoms with Crippen molar-refractivity contribution >= 4 is 29.1 Å². The Kier molecular flexibility index (Phi) is 3.75. The lowest BCUT2D eigenvalue weighted by Gasteiger charge is -2.21. The number of pyridine rings is 2. The second kappa shape index (κ2) is 6.08. The van der Waals surface area contributed by atoms with Gasteiger partial charge in [-0.25, -0.2) is 14.2 Å². The van der Waals surface area contributed by atoms with Gasteiger partial charge in [0.05, 0.1) is 11.4 Å². The van der Waals surface area contributed by atoms with Gasteiger partial charge in [0.2, 0.25) is 5.43 Å². The number of fused-ring (bicyclic) bond motifs is 2. The van der Waals surface area contributed by atoms with Crippen molar-refractivity contribution in [2.45, 2.75) is 31.0 Å². The molecule has 10 heteroatoms. The van der Waals surface area contributed by atoms with Crippen molar-refractivity contribution in [1.82, 2.24) is 15.0 Å². The van der Waals surface area contributed by atoms with Crippen LogP contribution in [0, 0.1) is 11.7 Å². The van der Waals surface area contributed by atoms with Gasteiger partial charge in [-0.2, -0.15) is 5.48 Å². The van der Waals surface area contributed by atoms with Crippen LogP contribution in [0.1, 0.15) is 29.2 Å². The fourth-order valence-corrected chi connectivity index (χ4v) is 4.07. The molecule has 2 saturated heterocycles. The van der Waals surface area contributed by atoms with Crippen LogP contribution in [0.15, 0.2) is 17.1 Å². The van der Waals surface area contributed by atoms with E-state index in [1.54, 1.807) is 9.47 Å². The molecule has 146 valence electrons. The number of anilines is 1. The molecule has 2 aromatic rings. The monoisotopic (exact) mass is 388 g/mol. The highest BCUT2D eigenvalue weighted by molar-refractivity contribution is 5.92. The molecule has 28 heavy (non-hydrogen) atoms. The van der Waals surface area contributed by atoms with Gasteiger partial charge in [-0.3, -0.25) is 9.63 Å². The number of hydrogen-bond acceptors (Lipinski definition) is 7. The van der Waals surface area contributed by atoms with Crippen LogP contribution in [0.4, 0.5) is 10.2 Å². The lowest BCUT2D eigenvalue weighted by atomic mass is 10.00. The lowest BCUT2D eigenvalue weighted by molar-refractivity contribution is -0.111. The molecular weight excluding hydrogens is 371 g/mol. The highest BCUT2D eigenvalue weighted by Crippen LogP contribution is 2.38.